The molecule has 0 atom stereocenters. The Hall–Kier alpha value is -0.340. The Balaban J connectivity index is 0.000000363. The van der Waals surface area contributed by atoms with Crippen LogP contribution in [0.4, 0.5) is 0 Å². The zero-order valence-electron chi connectivity index (χ0n) is 13.8. The summed E-state index contributed by atoms with van der Waals surface area (Å²) in [6.45, 7) is 3.93. The zero-order chi connectivity index (χ0) is 20.4. The highest BCUT2D eigenvalue weighted by Gasteiger charge is 2.11. The third kappa shape index (κ3) is 12.9. The average Bonchev–Trinajstić information content (AvgIpc) is 3.13. The average molecular weight is 485 g/mol. The Bertz CT molecular complexity index is 792. The van der Waals surface area contributed by atoms with E-state index >= 15 is 0 Å². The molecule has 2 aromatic heterocycles. The number of aromatic nitrogens is 2. The lowest BCUT2D eigenvalue weighted by Gasteiger charge is -1.92. The van der Waals surface area contributed by atoms with Crippen molar-refractivity contribution in [2.24, 2.45) is 0 Å². The van der Waals surface area contributed by atoms with Crippen LogP contribution in [0, 0.1) is 13.8 Å². The molecule has 0 saturated heterocycles. The standard InChI is InChI=1S/2C5H6ClNS.C2H6O6S2/c2*1-4-5(2-6)8-3-7-4;3-9(4,5)1-2-10(6,7)8/h2*3H,2H2,1H3;1-2H2,(H,3,4,5)(H,6,7,8). The molecule has 0 aliphatic heterocycles. The van der Waals surface area contributed by atoms with E-state index in [0.717, 1.165) is 11.4 Å². The van der Waals surface area contributed by atoms with E-state index in [9.17, 15) is 16.8 Å². The largest absolute Gasteiger partial charge is 0.286 e. The maximum Gasteiger partial charge on any atom is 0.265 e. The van der Waals surface area contributed by atoms with Gasteiger partial charge < -0.3 is 0 Å². The Kier molecular flexibility index (Phi) is 12.0. The summed E-state index contributed by atoms with van der Waals surface area (Å²) in [5.74, 6) is -0.773. The summed E-state index contributed by atoms with van der Waals surface area (Å²) < 4.78 is 55.4. The van der Waals surface area contributed by atoms with E-state index in [2.05, 4.69) is 9.97 Å². The van der Waals surface area contributed by atoms with E-state index in [1.807, 2.05) is 24.9 Å². The fourth-order valence-corrected chi connectivity index (χ4v) is 4.82. The van der Waals surface area contributed by atoms with Crippen molar-refractivity contribution in [3.05, 3.63) is 32.2 Å². The Morgan fingerprint density at radius 1 is 0.846 bits per heavy atom. The van der Waals surface area contributed by atoms with E-state index in [1.54, 1.807) is 22.7 Å². The van der Waals surface area contributed by atoms with Gasteiger partial charge in [-0.15, -0.1) is 45.9 Å². The van der Waals surface area contributed by atoms with Gasteiger partial charge in [0.05, 0.1) is 45.7 Å². The third-order valence-electron chi connectivity index (χ3n) is 2.53. The molecule has 14 heteroatoms. The Labute approximate surface area is 170 Å². The van der Waals surface area contributed by atoms with Crippen LogP contribution in [-0.4, -0.2) is 47.4 Å². The van der Waals surface area contributed by atoms with Gasteiger partial charge in [-0.25, -0.2) is 9.97 Å². The molecule has 0 aromatic carbocycles. The van der Waals surface area contributed by atoms with E-state index in [1.165, 1.54) is 9.75 Å². The highest BCUT2D eigenvalue weighted by Crippen LogP contribution is 2.14. The molecule has 8 nitrogen and oxygen atoms in total. The van der Waals surface area contributed by atoms with Crippen molar-refractivity contribution in [1.82, 2.24) is 9.97 Å². The van der Waals surface area contributed by atoms with Gasteiger partial charge in [-0.05, 0) is 13.8 Å². The van der Waals surface area contributed by atoms with Crippen LogP contribution in [0.2, 0.25) is 0 Å². The number of alkyl halides is 2. The SMILES string of the molecule is Cc1ncsc1CCl.Cc1ncsc1CCl.O=S(=O)(O)CCS(=O)(=O)O. The van der Waals surface area contributed by atoms with Crippen LogP contribution in [0.15, 0.2) is 11.0 Å². The molecule has 150 valence electrons. The van der Waals surface area contributed by atoms with Crippen LogP contribution < -0.4 is 0 Å². The molecule has 0 unspecified atom stereocenters. The second kappa shape index (κ2) is 12.2. The minimum atomic E-state index is -4.30. The second-order valence-electron chi connectivity index (χ2n) is 4.56. The first-order valence-corrected chi connectivity index (χ1v) is 12.7. The highest BCUT2D eigenvalue weighted by atomic mass is 35.5. The van der Waals surface area contributed by atoms with Crippen LogP contribution in [0.1, 0.15) is 21.1 Å². The molecule has 2 aromatic rings. The molecule has 0 spiro atoms. The van der Waals surface area contributed by atoms with Gasteiger partial charge in [-0.1, -0.05) is 0 Å². The monoisotopic (exact) mass is 484 g/mol. The maximum atomic E-state index is 9.86. The number of halogens is 2. The summed E-state index contributed by atoms with van der Waals surface area (Å²) in [7, 11) is -8.59. The van der Waals surface area contributed by atoms with E-state index < -0.39 is 31.7 Å². The smallest absolute Gasteiger partial charge is 0.265 e. The van der Waals surface area contributed by atoms with Crippen molar-refractivity contribution in [2.45, 2.75) is 25.6 Å². The van der Waals surface area contributed by atoms with Gasteiger partial charge >= 0.3 is 0 Å². The Morgan fingerprint density at radius 2 is 1.15 bits per heavy atom. The molecule has 0 saturated carbocycles. The lowest BCUT2D eigenvalue weighted by molar-refractivity contribution is 0.472. The van der Waals surface area contributed by atoms with Crippen molar-refractivity contribution in [1.29, 1.82) is 0 Å². The van der Waals surface area contributed by atoms with Crippen LogP contribution in [0.25, 0.3) is 0 Å². The fourth-order valence-electron chi connectivity index (χ4n) is 1.12. The van der Waals surface area contributed by atoms with Gasteiger partial charge in [0.2, 0.25) is 0 Å². The van der Waals surface area contributed by atoms with Crippen LogP contribution in [0.3, 0.4) is 0 Å². The fraction of sp³-hybridized carbons (Fsp3) is 0.500. The van der Waals surface area contributed by atoms with Gasteiger partial charge in [-0.3, -0.25) is 9.11 Å². The Morgan fingerprint density at radius 3 is 1.27 bits per heavy atom. The normalized spacial score (nSPS) is 11.2. The summed E-state index contributed by atoms with van der Waals surface area (Å²) in [5, 5.41) is 0. The number of hydrogen-bond acceptors (Lipinski definition) is 8. The van der Waals surface area contributed by atoms with E-state index in [-0.39, 0.29) is 0 Å². The van der Waals surface area contributed by atoms with Crippen LogP contribution in [-0.2, 0) is 32.0 Å². The molecule has 0 aliphatic rings. The summed E-state index contributed by atoms with van der Waals surface area (Å²) in [6, 6.07) is 0. The van der Waals surface area contributed by atoms with Crippen molar-refractivity contribution < 1.29 is 25.9 Å². The van der Waals surface area contributed by atoms with Crippen molar-refractivity contribution >= 4 is 66.1 Å². The molecular formula is C12H18Cl2N2O6S4. The summed E-state index contributed by atoms with van der Waals surface area (Å²) >= 11 is 14.3. The quantitative estimate of drug-likeness (QED) is 0.487. The molecule has 0 amide bonds. The number of aryl methyl sites for hydroxylation is 2. The molecule has 0 aliphatic carbocycles. The lowest BCUT2D eigenvalue weighted by Crippen LogP contribution is -2.15. The molecule has 2 N–H and O–H groups in total. The van der Waals surface area contributed by atoms with Gasteiger partial charge in [0, 0.05) is 9.75 Å². The van der Waals surface area contributed by atoms with Gasteiger partial charge in [0.25, 0.3) is 20.2 Å². The van der Waals surface area contributed by atoms with Gasteiger partial charge in [0.1, 0.15) is 0 Å². The van der Waals surface area contributed by atoms with Crippen molar-refractivity contribution in [2.75, 3.05) is 11.5 Å². The van der Waals surface area contributed by atoms with Crippen LogP contribution >= 0.6 is 45.9 Å². The zero-order valence-corrected chi connectivity index (χ0v) is 18.6. The summed E-state index contributed by atoms with van der Waals surface area (Å²) in [4.78, 5) is 10.4. The maximum absolute atomic E-state index is 9.86. The van der Waals surface area contributed by atoms with Crippen LogP contribution in [0.5, 0.6) is 0 Å². The van der Waals surface area contributed by atoms with Gasteiger partial charge in [-0.2, -0.15) is 16.8 Å². The number of hydrogen-bond donors (Lipinski definition) is 2. The first kappa shape index (κ1) is 25.7. The van der Waals surface area contributed by atoms with Crippen molar-refractivity contribution in [3.63, 3.8) is 0 Å². The van der Waals surface area contributed by atoms with Crippen molar-refractivity contribution in [3.8, 4) is 0 Å². The topological polar surface area (TPSA) is 135 Å². The highest BCUT2D eigenvalue weighted by molar-refractivity contribution is 7.89. The second-order valence-corrected chi connectivity index (χ2v) is 10.1. The predicted octanol–water partition coefficient (Wildman–Crippen LogP) is 3.14. The number of rotatable bonds is 5. The molecule has 0 fully saturated rings. The summed E-state index contributed by atoms with van der Waals surface area (Å²) in [5.41, 5.74) is 5.75. The molecule has 26 heavy (non-hydrogen) atoms. The number of thiazole rings is 2. The minimum Gasteiger partial charge on any atom is -0.286 e. The minimum absolute atomic E-state index is 0.594. The first-order chi connectivity index (χ1) is 11.9. The molecule has 0 bridgehead atoms. The third-order valence-corrected chi connectivity index (χ3v) is 6.95. The first-order valence-electron chi connectivity index (χ1n) is 6.69. The lowest BCUT2D eigenvalue weighted by atomic mass is 10.4. The van der Waals surface area contributed by atoms with Gasteiger partial charge in [0.15, 0.2) is 0 Å². The number of nitrogens with zero attached hydrogens (tertiary/aromatic N) is 2. The van der Waals surface area contributed by atoms with E-state index in [0.29, 0.717) is 11.8 Å². The predicted molar refractivity (Wildman–Crippen MR) is 106 cm³/mol. The molecule has 2 heterocycles. The molecule has 2 rings (SSSR count). The van der Waals surface area contributed by atoms with E-state index in [4.69, 9.17) is 32.3 Å². The molecular weight excluding hydrogens is 467 g/mol. The summed E-state index contributed by atoms with van der Waals surface area (Å²) in [6.07, 6.45) is 0. The molecule has 0 radical (unpaired) electrons.